The van der Waals surface area contributed by atoms with Gasteiger partial charge in [0.15, 0.2) is 0 Å². The van der Waals surface area contributed by atoms with Gasteiger partial charge in [0.2, 0.25) is 0 Å². The molecule has 0 aliphatic rings. The van der Waals surface area contributed by atoms with Gasteiger partial charge in [-0.2, -0.15) is 0 Å². The third kappa shape index (κ3) is 19.7. The van der Waals surface area contributed by atoms with Gasteiger partial charge in [-0.3, -0.25) is 9.97 Å². The van der Waals surface area contributed by atoms with Crippen LogP contribution in [0.1, 0.15) is 44.5 Å². The molecule has 0 saturated heterocycles. The molecular formula is C140H98Ir2N6. The van der Waals surface area contributed by atoms with Crippen molar-refractivity contribution in [2.24, 2.45) is 0 Å². The standard InChI is InChI=1S/C140H98N6.2Ir/c1-89-29-9-13-33-115(89)131-84-141-135(73-93(131)5)103-61-49-97(50-62-103)119-37-17-23-43-125(119)109-77-110(126-44-24-18-38-120(126)98-51-63-104(64-52-98)136-74-94(6)132(85-142-136)116-34-14-10-30-90(116)2)80-113(79-109)129-47-27-21-41-123(129)101-57-69-107(70-58-101)139-83-140(146-88-145-139)108-71-59-102(60-72-108)124-42-22-28-48-130(124)114-81-111(127-45-25-19-39-121(127)99-53-65-105(66-54-99)137-75-95(7)133(86-143-137)117-35-15-11-31-91(117)3)78-112(82-114)128-46-26-20-40-122(128)100-55-67-106(68-56-100)138-76-96(8)134(87-144-138)118-36-16-12-32-92(118)4;;/h9-61,63,65,67,69,71,73-88H,1-8H3;;/q-6;2*+3. The summed E-state index contributed by atoms with van der Waals surface area (Å²) in [6.07, 6.45) is 9.65. The molecule has 0 aliphatic heterocycles. The van der Waals surface area contributed by atoms with Crippen molar-refractivity contribution in [3.8, 4) is 246 Å². The molecule has 0 saturated carbocycles. The fourth-order valence-corrected chi connectivity index (χ4v) is 20.7. The third-order valence-electron chi connectivity index (χ3n) is 28.5. The van der Waals surface area contributed by atoms with E-state index < -0.39 is 0 Å². The first-order valence-corrected chi connectivity index (χ1v) is 49.6. The molecule has 6 nitrogen and oxygen atoms in total. The normalized spacial score (nSPS) is 11.1. The number of aromatic nitrogens is 6. The van der Waals surface area contributed by atoms with Gasteiger partial charge in [-0.1, -0.05) is 340 Å². The van der Waals surface area contributed by atoms with Crippen molar-refractivity contribution >= 4 is 0 Å². The molecule has 5 aromatic heterocycles. The van der Waals surface area contributed by atoms with Crippen LogP contribution in [0.5, 0.6) is 0 Å². The Morgan fingerprint density at radius 1 is 0.135 bits per heavy atom. The molecule has 0 bridgehead atoms. The smallest absolute Gasteiger partial charge is 0.304 e. The maximum atomic E-state index is 5.02. The van der Waals surface area contributed by atoms with Crippen LogP contribution < -0.4 is 0 Å². The van der Waals surface area contributed by atoms with Gasteiger partial charge in [-0.05, 0) is 259 Å². The molecule has 23 aromatic rings. The molecule has 0 N–H and O–H groups in total. The number of rotatable bonds is 22. The van der Waals surface area contributed by atoms with Crippen LogP contribution in [0, 0.1) is 91.8 Å². The summed E-state index contributed by atoms with van der Waals surface area (Å²) in [4.78, 5) is 29.9. The van der Waals surface area contributed by atoms with Gasteiger partial charge in [0, 0.05) is 47.0 Å². The fourth-order valence-electron chi connectivity index (χ4n) is 20.7. The topological polar surface area (TPSA) is 77.3 Å². The quantitative estimate of drug-likeness (QED) is 0.0629. The molecular weight excluding hydrogens is 2150 g/mol. The van der Waals surface area contributed by atoms with Crippen molar-refractivity contribution in [2.75, 3.05) is 0 Å². The van der Waals surface area contributed by atoms with Gasteiger partial charge < -0.3 is 19.9 Å². The van der Waals surface area contributed by atoms with Crippen molar-refractivity contribution in [3.05, 3.63) is 531 Å². The van der Waals surface area contributed by atoms with Crippen LogP contribution in [0.3, 0.4) is 0 Å². The Morgan fingerprint density at radius 3 is 0.446 bits per heavy atom. The van der Waals surface area contributed by atoms with Crippen LogP contribution in [0.25, 0.3) is 246 Å². The van der Waals surface area contributed by atoms with Crippen molar-refractivity contribution in [2.45, 2.75) is 55.4 Å². The predicted molar refractivity (Wildman–Crippen MR) is 604 cm³/mol. The summed E-state index contributed by atoms with van der Waals surface area (Å²) in [7, 11) is 0. The van der Waals surface area contributed by atoms with Crippen molar-refractivity contribution in [1.29, 1.82) is 0 Å². The molecule has 0 amide bonds. The predicted octanol–water partition coefficient (Wildman–Crippen LogP) is 36.0. The number of aryl methyl sites for hydroxylation is 8. The first-order valence-electron chi connectivity index (χ1n) is 49.6. The Kier molecular flexibility index (Phi) is 28.0. The minimum atomic E-state index is 0. The second-order valence-electron chi connectivity index (χ2n) is 37.9. The second-order valence-corrected chi connectivity index (χ2v) is 37.9. The Hall–Kier alpha value is -17.1. The third-order valence-corrected chi connectivity index (χ3v) is 28.5. The van der Waals surface area contributed by atoms with Crippen LogP contribution in [0.4, 0.5) is 0 Å². The van der Waals surface area contributed by atoms with E-state index in [4.69, 9.17) is 29.9 Å². The Labute approximate surface area is 894 Å². The van der Waals surface area contributed by atoms with Gasteiger partial charge >= 0.3 is 40.2 Å². The van der Waals surface area contributed by atoms with Crippen LogP contribution in [0.2, 0.25) is 0 Å². The zero-order valence-corrected chi connectivity index (χ0v) is 87.9. The molecule has 706 valence electrons. The van der Waals surface area contributed by atoms with Crippen molar-refractivity contribution < 1.29 is 40.2 Å². The Balaban J connectivity index is 0.00000641. The van der Waals surface area contributed by atoms with E-state index in [0.717, 1.165) is 223 Å². The fraction of sp³-hybridized carbons (Fsp3) is 0.0571. The summed E-state index contributed by atoms with van der Waals surface area (Å²) < 4.78 is 0. The zero-order chi connectivity index (χ0) is 98.8. The SMILES string of the molecule is Cc1ccccc1-c1cnc(-c2[c-]cc(-c3ccccc3-c3cc(-c4ccccc4-c4c[c-]c(-c5cc(-c6[c-]cc(-c7ccccc7-c7cc(-c8ccccc8-c8c[c-]c(-c9cc(C)c(-c%10ccccc%10C)cn9)cc8)cc(-c8ccccc8-c8c[c-]c(-c9cc(C)c(-c%10ccccc%10C)cn9)cc8)c7)cc6)ncn5)cc4)cc(-c4ccccc4-c4c[c-]c(-c5cc(C)c(-c6ccccc6C)cn5)cc4)c3)cc2)cc1C.[Ir+3].[Ir+3]. The van der Waals surface area contributed by atoms with Crippen molar-refractivity contribution in [3.63, 3.8) is 0 Å². The summed E-state index contributed by atoms with van der Waals surface area (Å²) in [6, 6.07) is 172. The minimum Gasteiger partial charge on any atom is -0.304 e. The number of hydrogen-bond acceptors (Lipinski definition) is 6. The first kappa shape index (κ1) is 97.0. The van der Waals surface area contributed by atoms with Crippen LogP contribution in [-0.4, -0.2) is 29.9 Å². The number of benzene rings is 18. The average molecular weight is 2250 g/mol. The van der Waals surface area contributed by atoms with E-state index in [1.807, 2.05) is 30.9 Å². The summed E-state index contributed by atoms with van der Waals surface area (Å²) in [5.41, 5.74) is 54.9. The minimum absolute atomic E-state index is 0. The number of pyridine rings is 4. The van der Waals surface area contributed by atoms with E-state index >= 15 is 0 Å². The van der Waals surface area contributed by atoms with Crippen molar-refractivity contribution in [1.82, 2.24) is 29.9 Å². The maximum absolute atomic E-state index is 5.02. The maximum Gasteiger partial charge on any atom is 3.00 e. The van der Waals surface area contributed by atoms with E-state index in [1.54, 1.807) is 6.33 Å². The monoisotopic (exact) mass is 2250 g/mol. The number of nitrogens with zero attached hydrogens (tertiary/aromatic N) is 6. The molecule has 0 aliphatic carbocycles. The van der Waals surface area contributed by atoms with Gasteiger partial charge in [-0.25, -0.2) is 0 Å². The van der Waals surface area contributed by atoms with Crippen LogP contribution in [-0.2, 0) is 40.2 Å². The van der Waals surface area contributed by atoms with Gasteiger partial charge in [0.1, 0.15) is 0 Å². The average Bonchev–Trinajstić information content (AvgIpc) is 0.760. The van der Waals surface area contributed by atoms with E-state index in [-0.39, 0.29) is 40.2 Å². The molecule has 148 heavy (non-hydrogen) atoms. The van der Waals surface area contributed by atoms with E-state index in [1.165, 1.54) is 66.8 Å². The molecule has 5 heterocycles. The van der Waals surface area contributed by atoms with Gasteiger partial charge in [0.05, 0.1) is 6.33 Å². The summed E-state index contributed by atoms with van der Waals surface area (Å²) >= 11 is 0. The molecule has 0 fully saturated rings. The zero-order valence-electron chi connectivity index (χ0n) is 83.1. The molecule has 0 spiro atoms. The van der Waals surface area contributed by atoms with Crippen LogP contribution in [0.15, 0.2) is 450 Å². The van der Waals surface area contributed by atoms with Crippen LogP contribution >= 0.6 is 0 Å². The molecule has 8 heteroatoms. The Bertz CT molecular complexity index is 8000. The summed E-state index contributed by atoms with van der Waals surface area (Å²) in [5, 5.41) is 0. The summed E-state index contributed by atoms with van der Waals surface area (Å²) in [5.74, 6) is 0. The van der Waals surface area contributed by atoms with E-state index in [2.05, 4.69) is 504 Å². The summed E-state index contributed by atoms with van der Waals surface area (Å²) in [6.45, 7) is 17.3. The molecule has 18 aromatic carbocycles. The number of hydrogen-bond donors (Lipinski definition) is 0. The van der Waals surface area contributed by atoms with Gasteiger partial charge in [0.25, 0.3) is 0 Å². The Morgan fingerprint density at radius 2 is 0.291 bits per heavy atom. The van der Waals surface area contributed by atoms with E-state index in [0.29, 0.717) is 0 Å². The first-order chi connectivity index (χ1) is 71.6. The van der Waals surface area contributed by atoms with E-state index in [9.17, 15) is 0 Å². The molecule has 23 rings (SSSR count). The largest absolute Gasteiger partial charge is 3.00 e. The molecule has 0 radical (unpaired) electrons. The van der Waals surface area contributed by atoms with Gasteiger partial charge in [-0.15, -0.1) is 179 Å². The molecule has 0 unspecified atom stereocenters. The molecule has 0 atom stereocenters. The second kappa shape index (κ2) is 42.7.